The lowest BCUT2D eigenvalue weighted by molar-refractivity contribution is 0.191. The first-order valence-electron chi connectivity index (χ1n) is 8.01. The number of hydrogen-bond acceptors (Lipinski definition) is 4. The van der Waals surface area contributed by atoms with Crippen molar-refractivity contribution in [2.24, 2.45) is 0 Å². The number of urea groups is 1. The van der Waals surface area contributed by atoms with Gasteiger partial charge >= 0.3 is 6.03 Å². The molecule has 24 heavy (non-hydrogen) atoms. The number of anilines is 1. The van der Waals surface area contributed by atoms with Crippen LogP contribution in [-0.2, 0) is 0 Å². The summed E-state index contributed by atoms with van der Waals surface area (Å²) >= 11 is 1.73. The molecule has 5 nitrogen and oxygen atoms in total. The summed E-state index contributed by atoms with van der Waals surface area (Å²) in [7, 11) is 0. The van der Waals surface area contributed by atoms with Gasteiger partial charge in [-0.15, -0.1) is 11.3 Å². The normalized spacial score (nSPS) is 15.7. The van der Waals surface area contributed by atoms with Crippen LogP contribution in [0.4, 0.5) is 9.80 Å². The maximum atomic E-state index is 12.4. The molecule has 1 saturated heterocycles. The number of thiophene rings is 1. The standard InChI is InChI=1S/C18H20N4OS/c1-14(16-6-4-15(13-19)5-7-16)20-18(23)22-10-8-21(9-11-22)17-3-2-12-24-17/h2-7,12,14H,8-11H2,1H3,(H,20,23). The lowest BCUT2D eigenvalue weighted by Gasteiger charge is -2.35. The highest BCUT2D eigenvalue weighted by atomic mass is 32.1. The van der Waals surface area contributed by atoms with Gasteiger partial charge in [0.05, 0.1) is 22.7 Å². The Balaban J connectivity index is 1.52. The first-order chi connectivity index (χ1) is 11.7. The molecule has 1 aliphatic rings. The van der Waals surface area contributed by atoms with Crippen LogP contribution >= 0.6 is 11.3 Å². The molecular weight excluding hydrogens is 320 g/mol. The largest absolute Gasteiger partial charge is 0.360 e. The second kappa shape index (κ2) is 7.37. The van der Waals surface area contributed by atoms with Gasteiger partial charge in [-0.3, -0.25) is 0 Å². The van der Waals surface area contributed by atoms with E-state index in [9.17, 15) is 4.79 Å². The van der Waals surface area contributed by atoms with Crippen LogP contribution in [0.5, 0.6) is 0 Å². The third-order valence-electron chi connectivity index (χ3n) is 4.26. The average Bonchev–Trinajstić information content (AvgIpc) is 3.16. The van der Waals surface area contributed by atoms with E-state index in [0.717, 1.165) is 31.7 Å². The van der Waals surface area contributed by atoms with Crippen molar-refractivity contribution >= 4 is 22.4 Å². The second-order valence-corrected chi connectivity index (χ2v) is 6.76. The molecule has 2 aromatic rings. The fraction of sp³-hybridized carbons (Fsp3) is 0.333. The molecule has 1 N–H and O–H groups in total. The van der Waals surface area contributed by atoms with E-state index in [4.69, 9.17) is 5.26 Å². The Kier molecular flexibility index (Phi) is 5.02. The second-order valence-electron chi connectivity index (χ2n) is 5.83. The summed E-state index contributed by atoms with van der Waals surface area (Å²) in [4.78, 5) is 16.6. The molecule has 2 amide bonds. The highest BCUT2D eigenvalue weighted by Gasteiger charge is 2.22. The van der Waals surface area contributed by atoms with E-state index in [1.165, 1.54) is 5.00 Å². The van der Waals surface area contributed by atoms with Crippen LogP contribution in [0, 0.1) is 11.3 Å². The first kappa shape index (κ1) is 16.3. The molecule has 1 aromatic carbocycles. The van der Waals surface area contributed by atoms with Gasteiger partial charge in [0.15, 0.2) is 0 Å². The molecule has 0 saturated carbocycles. The molecule has 1 fully saturated rings. The van der Waals surface area contributed by atoms with E-state index in [0.29, 0.717) is 5.56 Å². The minimum absolute atomic E-state index is 0.0299. The number of nitrogens with zero attached hydrogens (tertiary/aromatic N) is 3. The van der Waals surface area contributed by atoms with Gasteiger partial charge in [-0.2, -0.15) is 5.26 Å². The molecular formula is C18H20N4OS. The van der Waals surface area contributed by atoms with Crippen LogP contribution in [0.25, 0.3) is 0 Å². The third-order valence-corrected chi connectivity index (χ3v) is 5.19. The van der Waals surface area contributed by atoms with E-state index in [2.05, 4.69) is 33.8 Å². The summed E-state index contributed by atoms with van der Waals surface area (Å²) < 4.78 is 0. The molecule has 0 spiro atoms. The Labute approximate surface area is 146 Å². The van der Waals surface area contributed by atoms with E-state index >= 15 is 0 Å². The monoisotopic (exact) mass is 340 g/mol. The fourth-order valence-electron chi connectivity index (χ4n) is 2.79. The first-order valence-corrected chi connectivity index (χ1v) is 8.89. The molecule has 1 aromatic heterocycles. The highest BCUT2D eigenvalue weighted by Crippen LogP contribution is 2.22. The van der Waals surface area contributed by atoms with Gasteiger partial charge in [0.2, 0.25) is 0 Å². The highest BCUT2D eigenvalue weighted by molar-refractivity contribution is 7.14. The van der Waals surface area contributed by atoms with Crippen molar-refractivity contribution in [3.63, 3.8) is 0 Å². The SMILES string of the molecule is CC(NC(=O)N1CCN(c2cccs2)CC1)c1ccc(C#N)cc1. The average molecular weight is 340 g/mol. The maximum absolute atomic E-state index is 12.4. The number of piperazine rings is 1. The van der Waals surface area contributed by atoms with E-state index in [1.807, 2.05) is 24.0 Å². The Morgan fingerprint density at radius 2 is 1.92 bits per heavy atom. The van der Waals surface area contributed by atoms with Crippen LogP contribution in [0.3, 0.4) is 0 Å². The third kappa shape index (κ3) is 3.69. The Hall–Kier alpha value is -2.52. The van der Waals surface area contributed by atoms with Crippen molar-refractivity contribution in [3.8, 4) is 6.07 Å². The summed E-state index contributed by atoms with van der Waals surface area (Å²) in [5.41, 5.74) is 1.63. The lowest BCUT2D eigenvalue weighted by Crippen LogP contribution is -2.52. The Morgan fingerprint density at radius 1 is 1.21 bits per heavy atom. The van der Waals surface area contributed by atoms with Gasteiger partial charge in [-0.05, 0) is 42.1 Å². The number of nitrogens with one attached hydrogen (secondary N) is 1. The van der Waals surface area contributed by atoms with Gasteiger partial charge in [-0.25, -0.2) is 4.79 Å². The summed E-state index contributed by atoms with van der Waals surface area (Å²) in [6, 6.07) is 13.5. The number of hydrogen-bond donors (Lipinski definition) is 1. The molecule has 0 radical (unpaired) electrons. The molecule has 1 unspecified atom stereocenters. The van der Waals surface area contributed by atoms with Crippen molar-refractivity contribution in [3.05, 3.63) is 52.9 Å². The van der Waals surface area contributed by atoms with Crippen molar-refractivity contribution in [1.29, 1.82) is 5.26 Å². The maximum Gasteiger partial charge on any atom is 0.317 e. The van der Waals surface area contributed by atoms with Crippen LogP contribution in [0.15, 0.2) is 41.8 Å². The number of nitriles is 1. The quantitative estimate of drug-likeness (QED) is 0.933. The van der Waals surface area contributed by atoms with Crippen LogP contribution in [0.1, 0.15) is 24.1 Å². The molecule has 0 aliphatic carbocycles. The van der Waals surface area contributed by atoms with Crippen LogP contribution in [0.2, 0.25) is 0 Å². The number of amides is 2. The minimum atomic E-state index is -0.0828. The van der Waals surface area contributed by atoms with Crippen molar-refractivity contribution in [2.75, 3.05) is 31.1 Å². The van der Waals surface area contributed by atoms with Crippen LogP contribution < -0.4 is 10.2 Å². The molecule has 0 bridgehead atoms. The fourth-order valence-corrected chi connectivity index (χ4v) is 3.57. The van der Waals surface area contributed by atoms with Gasteiger partial charge in [-0.1, -0.05) is 12.1 Å². The zero-order valence-electron chi connectivity index (χ0n) is 13.6. The summed E-state index contributed by atoms with van der Waals surface area (Å²) in [6.07, 6.45) is 0. The smallest absolute Gasteiger partial charge is 0.317 e. The number of benzene rings is 1. The van der Waals surface area contributed by atoms with Gasteiger partial charge in [0.1, 0.15) is 0 Å². The molecule has 6 heteroatoms. The lowest BCUT2D eigenvalue weighted by atomic mass is 10.1. The zero-order chi connectivity index (χ0) is 16.9. The van der Waals surface area contributed by atoms with Gasteiger partial charge < -0.3 is 15.1 Å². The number of carbonyl (C=O) groups excluding carboxylic acids is 1. The molecule has 3 rings (SSSR count). The van der Waals surface area contributed by atoms with Crippen molar-refractivity contribution < 1.29 is 4.79 Å². The van der Waals surface area contributed by atoms with E-state index < -0.39 is 0 Å². The summed E-state index contributed by atoms with van der Waals surface area (Å²) in [5.74, 6) is 0. The number of rotatable bonds is 3. The van der Waals surface area contributed by atoms with Crippen molar-refractivity contribution in [2.45, 2.75) is 13.0 Å². The molecule has 1 atom stereocenters. The molecule has 2 heterocycles. The number of carbonyl (C=O) groups is 1. The predicted octanol–water partition coefficient (Wildman–Crippen LogP) is 3.21. The predicted molar refractivity (Wildman–Crippen MR) is 96.2 cm³/mol. The Morgan fingerprint density at radius 3 is 2.50 bits per heavy atom. The molecule has 124 valence electrons. The minimum Gasteiger partial charge on any atom is -0.360 e. The van der Waals surface area contributed by atoms with Crippen LogP contribution in [-0.4, -0.2) is 37.1 Å². The van der Waals surface area contributed by atoms with Gasteiger partial charge in [0.25, 0.3) is 0 Å². The van der Waals surface area contributed by atoms with E-state index in [1.54, 1.807) is 23.5 Å². The topological polar surface area (TPSA) is 59.4 Å². The van der Waals surface area contributed by atoms with E-state index in [-0.39, 0.29) is 12.1 Å². The summed E-state index contributed by atoms with van der Waals surface area (Å²) in [6.45, 7) is 5.13. The zero-order valence-corrected chi connectivity index (χ0v) is 14.4. The Bertz CT molecular complexity index is 712. The summed E-state index contributed by atoms with van der Waals surface area (Å²) in [5, 5.41) is 15.2. The van der Waals surface area contributed by atoms with Gasteiger partial charge in [0, 0.05) is 26.2 Å². The van der Waals surface area contributed by atoms with Crippen molar-refractivity contribution in [1.82, 2.24) is 10.2 Å². The molecule has 1 aliphatic heterocycles.